The van der Waals surface area contributed by atoms with E-state index in [1.165, 1.54) is 18.2 Å². The molecule has 1 atom stereocenters. The smallest absolute Gasteiger partial charge is 0.387 e. The fourth-order valence-corrected chi connectivity index (χ4v) is 3.35. The van der Waals surface area contributed by atoms with Crippen LogP contribution in [0.25, 0.3) is 0 Å². The predicted molar refractivity (Wildman–Crippen MR) is 75.3 cm³/mol. The third-order valence-corrected chi connectivity index (χ3v) is 4.43. The van der Waals surface area contributed by atoms with Gasteiger partial charge >= 0.3 is 6.61 Å². The summed E-state index contributed by atoms with van der Waals surface area (Å²) >= 11 is 7.82. The van der Waals surface area contributed by atoms with Crippen molar-refractivity contribution in [2.75, 3.05) is 11.5 Å². The first-order chi connectivity index (χ1) is 9.15. The third-order valence-electron chi connectivity index (χ3n) is 2.98. The molecule has 0 amide bonds. The van der Waals surface area contributed by atoms with E-state index in [-0.39, 0.29) is 5.75 Å². The first kappa shape index (κ1) is 14.9. The molecular formula is C13H16ClF2NOS. The largest absolute Gasteiger partial charge is 0.434 e. The van der Waals surface area contributed by atoms with Gasteiger partial charge in [0.2, 0.25) is 0 Å². The molecule has 1 aliphatic heterocycles. The number of thioether (sulfide) groups is 1. The van der Waals surface area contributed by atoms with Gasteiger partial charge in [-0.25, -0.2) is 0 Å². The number of hydrogen-bond acceptors (Lipinski definition) is 3. The molecule has 2 rings (SSSR count). The molecule has 1 aromatic rings. The Morgan fingerprint density at radius 2 is 2.32 bits per heavy atom. The van der Waals surface area contributed by atoms with Gasteiger partial charge in [0.05, 0.1) is 0 Å². The number of halogens is 3. The van der Waals surface area contributed by atoms with Gasteiger partial charge in [-0.1, -0.05) is 11.6 Å². The lowest BCUT2D eigenvalue weighted by atomic mass is 10.1. The first-order valence-corrected chi connectivity index (χ1v) is 7.73. The number of nitrogens with one attached hydrogen (secondary N) is 1. The van der Waals surface area contributed by atoms with Crippen molar-refractivity contribution in [2.24, 2.45) is 0 Å². The molecule has 2 nitrogen and oxygen atoms in total. The van der Waals surface area contributed by atoms with Gasteiger partial charge in [0.15, 0.2) is 0 Å². The van der Waals surface area contributed by atoms with Gasteiger partial charge in [-0.05, 0) is 36.8 Å². The van der Waals surface area contributed by atoms with Crippen LogP contribution < -0.4 is 10.1 Å². The standard InChI is InChI=1S/C13H16ClF2NOS/c14-10-3-4-12(18-13(15)16)9(6-10)7-17-11-2-1-5-19-8-11/h3-4,6,11,13,17H,1-2,5,7-8H2. The van der Waals surface area contributed by atoms with Crippen molar-refractivity contribution < 1.29 is 13.5 Å². The summed E-state index contributed by atoms with van der Waals surface area (Å²) < 4.78 is 29.1. The normalized spacial score (nSPS) is 19.7. The Bertz CT molecular complexity index is 414. The minimum absolute atomic E-state index is 0.190. The molecule has 0 saturated carbocycles. The van der Waals surface area contributed by atoms with Crippen LogP contribution in [0.15, 0.2) is 18.2 Å². The minimum Gasteiger partial charge on any atom is -0.434 e. The summed E-state index contributed by atoms with van der Waals surface area (Å²) in [6, 6.07) is 5.14. The highest BCUT2D eigenvalue weighted by Crippen LogP contribution is 2.25. The lowest BCUT2D eigenvalue weighted by Gasteiger charge is -2.23. The van der Waals surface area contributed by atoms with E-state index in [2.05, 4.69) is 10.1 Å². The Balaban J connectivity index is 1.98. The summed E-state index contributed by atoms with van der Waals surface area (Å²) in [6.45, 7) is -2.32. The van der Waals surface area contributed by atoms with Crippen LogP contribution in [0.3, 0.4) is 0 Å². The van der Waals surface area contributed by atoms with Gasteiger partial charge in [-0.15, -0.1) is 0 Å². The van der Waals surface area contributed by atoms with E-state index in [9.17, 15) is 8.78 Å². The summed E-state index contributed by atoms with van der Waals surface area (Å²) in [5, 5.41) is 3.90. The van der Waals surface area contributed by atoms with E-state index in [4.69, 9.17) is 11.6 Å². The van der Waals surface area contributed by atoms with Crippen molar-refractivity contribution in [1.29, 1.82) is 0 Å². The average molecular weight is 308 g/mol. The topological polar surface area (TPSA) is 21.3 Å². The fourth-order valence-electron chi connectivity index (χ4n) is 2.05. The minimum atomic E-state index is -2.81. The molecular weight excluding hydrogens is 292 g/mol. The molecule has 1 aliphatic rings. The van der Waals surface area contributed by atoms with Crippen LogP contribution >= 0.6 is 23.4 Å². The van der Waals surface area contributed by atoms with Gasteiger partial charge in [0.1, 0.15) is 5.75 Å². The van der Waals surface area contributed by atoms with Crippen LogP contribution in [0.2, 0.25) is 5.02 Å². The Kier molecular flexibility index (Phi) is 5.73. The van der Waals surface area contributed by atoms with Crippen LogP contribution in [0.5, 0.6) is 5.75 Å². The average Bonchev–Trinajstić information content (AvgIpc) is 2.40. The Morgan fingerprint density at radius 1 is 1.47 bits per heavy atom. The number of benzene rings is 1. The van der Waals surface area contributed by atoms with Gasteiger partial charge in [-0.2, -0.15) is 20.5 Å². The highest BCUT2D eigenvalue weighted by atomic mass is 35.5. The monoisotopic (exact) mass is 307 g/mol. The zero-order chi connectivity index (χ0) is 13.7. The van der Waals surface area contributed by atoms with Crippen molar-refractivity contribution in [1.82, 2.24) is 5.32 Å². The number of hydrogen-bond donors (Lipinski definition) is 1. The molecule has 1 fully saturated rings. The predicted octanol–water partition coefficient (Wildman–Crippen LogP) is 3.93. The molecule has 19 heavy (non-hydrogen) atoms. The molecule has 1 heterocycles. The molecule has 1 saturated heterocycles. The molecule has 106 valence electrons. The van der Waals surface area contributed by atoms with Crippen molar-refractivity contribution >= 4 is 23.4 Å². The van der Waals surface area contributed by atoms with E-state index in [1.807, 2.05) is 11.8 Å². The second kappa shape index (κ2) is 7.31. The van der Waals surface area contributed by atoms with Crippen LogP contribution in [-0.4, -0.2) is 24.2 Å². The highest BCUT2D eigenvalue weighted by molar-refractivity contribution is 7.99. The summed E-state index contributed by atoms with van der Waals surface area (Å²) in [6.07, 6.45) is 2.32. The Labute approximate surface area is 120 Å². The van der Waals surface area contributed by atoms with Crippen molar-refractivity contribution in [3.63, 3.8) is 0 Å². The number of rotatable bonds is 5. The van der Waals surface area contributed by atoms with E-state index >= 15 is 0 Å². The molecule has 0 aromatic heterocycles. The molecule has 0 bridgehead atoms. The molecule has 6 heteroatoms. The molecule has 0 spiro atoms. The second-order valence-corrected chi connectivity index (χ2v) is 6.01. The van der Waals surface area contributed by atoms with Gasteiger partial charge < -0.3 is 10.1 Å². The maximum Gasteiger partial charge on any atom is 0.387 e. The molecule has 1 aromatic carbocycles. The van der Waals surface area contributed by atoms with Crippen molar-refractivity contribution in [2.45, 2.75) is 32.0 Å². The van der Waals surface area contributed by atoms with E-state index < -0.39 is 6.61 Å². The quantitative estimate of drug-likeness (QED) is 0.890. The summed E-state index contributed by atoms with van der Waals surface area (Å²) in [5.41, 5.74) is 0.670. The molecule has 0 radical (unpaired) electrons. The Hall–Kier alpha value is -0.520. The lowest BCUT2D eigenvalue weighted by molar-refractivity contribution is -0.0505. The fraction of sp³-hybridized carbons (Fsp3) is 0.538. The van der Waals surface area contributed by atoms with Crippen LogP contribution in [0, 0.1) is 0 Å². The van der Waals surface area contributed by atoms with Crippen LogP contribution in [0.4, 0.5) is 8.78 Å². The molecule has 1 unspecified atom stereocenters. The number of ether oxygens (including phenoxy) is 1. The zero-order valence-electron chi connectivity index (χ0n) is 10.4. The maximum atomic E-state index is 12.3. The number of alkyl halides is 2. The molecule has 1 N–H and O–H groups in total. The van der Waals surface area contributed by atoms with E-state index in [1.54, 1.807) is 12.1 Å². The zero-order valence-corrected chi connectivity index (χ0v) is 11.9. The summed E-state index contributed by atoms with van der Waals surface area (Å²) in [7, 11) is 0. The summed E-state index contributed by atoms with van der Waals surface area (Å²) in [4.78, 5) is 0. The molecule has 0 aliphatic carbocycles. The van der Waals surface area contributed by atoms with E-state index in [0.29, 0.717) is 23.2 Å². The maximum absolute atomic E-state index is 12.3. The summed E-state index contributed by atoms with van der Waals surface area (Å²) in [5.74, 6) is 2.45. The first-order valence-electron chi connectivity index (χ1n) is 6.19. The van der Waals surface area contributed by atoms with Crippen LogP contribution in [-0.2, 0) is 6.54 Å². The third kappa shape index (κ3) is 4.82. The van der Waals surface area contributed by atoms with Gasteiger partial charge in [-0.3, -0.25) is 0 Å². The van der Waals surface area contributed by atoms with Gasteiger partial charge in [0, 0.05) is 28.9 Å². The van der Waals surface area contributed by atoms with Gasteiger partial charge in [0.25, 0.3) is 0 Å². The lowest BCUT2D eigenvalue weighted by Crippen LogP contribution is -2.33. The van der Waals surface area contributed by atoms with Crippen molar-refractivity contribution in [3.05, 3.63) is 28.8 Å². The van der Waals surface area contributed by atoms with Crippen LogP contribution in [0.1, 0.15) is 18.4 Å². The van der Waals surface area contributed by atoms with E-state index in [0.717, 1.165) is 12.2 Å². The second-order valence-electron chi connectivity index (χ2n) is 4.43. The SMILES string of the molecule is FC(F)Oc1ccc(Cl)cc1CNC1CCCSC1. The Morgan fingerprint density at radius 3 is 3.00 bits per heavy atom. The van der Waals surface area contributed by atoms with Crippen molar-refractivity contribution in [3.8, 4) is 5.75 Å². The highest BCUT2D eigenvalue weighted by Gasteiger charge is 2.15.